The van der Waals surface area contributed by atoms with Crippen molar-refractivity contribution in [3.05, 3.63) is 29.8 Å². The Balaban J connectivity index is 1.67. The first-order valence-electron chi connectivity index (χ1n) is 7.99. The molecule has 0 aromatic heterocycles. The van der Waals surface area contributed by atoms with Crippen molar-refractivity contribution in [2.24, 2.45) is 11.7 Å². The van der Waals surface area contributed by atoms with Crippen LogP contribution < -0.4 is 16.0 Å². The number of amides is 1. The van der Waals surface area contributed by atoms with E-state index in [-0.39, 0.29) is 5.91 Å². The molecule has 1 aromatic carbocycles. The molecule has 114 valence electrons. The van der Waals surface area contributed by atoms with Crippen LogP contribution in [0.1, 0.15) is 31.2 Å². The van der Waals surface area contributed by atoms with Crippen LogP contribution in [0.25, 0.3) is 0 Å². The average molecular weight is 287 g/mol. The van der Waals surface area contributed by atoms with Gasteiger partial charge in [-0.15, -0.1) is 0 Å². The maximum atomic E-state index is 11.9. The Hall–Kier alpha value is -1.55. The molecule has 1 aliphatic carbocycles. The minimum atomic E-state index is -0.487. The molecule has 1 heterocycles. The van der Waals surface area contributed by atoms with Gasteiger partial charge in [0.1, 0.15) is 5.54 Å². The fourth-order valence-electron chi connectivity index (χ4n) is 4.20. The van der Waals surface area contributed by atoms with Gasteiger partial charge in [-0.05, 0) is 50.3 Å². The predicted molar refractivity (Wildman–Crippen MR) is 85.3 cm³/mol. The van der Waals surface area contributed by atoms with Gasteiger partial charge in [0.05, 0.1) is 0 Å². The minimum Gasteiger partial charge on any atom is -0.371 e. The van der Waals surface area contributed by atoms with Crippen molar-refractivity contribution >= 4 is 11.6 Å². The van der Waals surface area contributed by atoms with Gasteiger partial charge >= 0.3 is 0 Å². The van der Waals surface area contributed by atoms with E-state index in [0.29, 0.717) is 5.92 Å². The van der Waals surface area contributed by atoms with Crippen LogP contribution in [0, 0.1) is 5.92 Å². The number of anilines is 1. The first kappa shape index (κ1) is 14.4. The number of benzene rings is 1. The molecule has 1 aromatic rings. The lowest BCUT2D eigenvalue weighted by Crippen LogP contribution is -2.56. The van der Waals surface area contributed by atoms with Gasteiger partial charge in [-0.3, -0.25) is 4.79 Å². The van der Waals surface area contributed by atoms with Crippen molar-refractivity contribution in [3.8, 4) is 0 Å². The highest BCUT2D eigenvalue weighted by molar-refractivity contribution is 5.85. The van der Waals surface area contributed by atoms with Crippen LogP contribution in [0.15, 0.2) is 24.3 Å². The van der Waals surface area contributed by atoms with Crippen molar-refractivity contribution in [2.75, 3.05) is 25.0 Å². The van der Waals surface area contributed by atoms with Crippen LogP contribution in [0.4, 0.5) is 5.69 Å². The molecular formula is C17H25N3O. The van der Waals surface area contributed by atoms with E-state index >= 15 is 0 Å². The Labute approximate surface area is 126 Å². The van der Waals surface area contributed by atoms with E-state index in [4.69, 9.17) is 5.73 Å². The second-order valence-electron chi connectivity index (χ2n) is 6.33. The minimum absolute atomic E-state index is 0.186. The van der Waals surface area contributed by atoms with Gasteiger partial charge in [0.2, 0.25) is 5.91 Å². The molecule has 0 spiro atoms. The molecule has 2 unspecified atom stereocenters. The van der Waals surface area contributed by atoms with Crippen molar-refractivity contribution in [3.63, 3.8) is 0 Å². The molecule has 1 amide bonds. The summed E-state index contributed by atoms with van der Waals surface area (Å²) in [6.45, 7) is 2.10. The van der Waals surface area contributed by atoms with E-state index in [2.05, 4.69) is 34.5 Å². The molecule has 0 saturated heterocycles. The highest BCUT2D eigenvalue weighted by atomic mass is 16.1. The maximum Gasteiger partial charge on any atom is 0.238 e. The molecule has 21 heavy (non-hydrogen) atoms. The maximum absolute atomic E-state index is 11.9. The largest absolute Gasteiger partial charge is 0.371 e. The number of nitrogens with zero attached hydrogens (tertiary/aromatic N) is 1. The monoisotopic (exact) mass is 287 g/mol. The van der Waals surface area contributed by atoms with Gasteiger partial charge in [0.25, 0.3) is 0 Å². The normalized spacial score (nSPS) is 27.9. The number of para-hydroxylation sites is 1. The van der Waals surface area contributed by atoms with E-state index in [1.54, 1.807) is 0 Å². The van der Waals surface area contributed by atoms with Crippen LogP contribution in [0.3, 0.4) is 0 Å². The second-order valence-corrected chi connectivity index (χ2v) is 6.33. The highest BCUT2D eigenvalue weighted by Crippen LogP contribution is 2.38. The van der Waals surface area contributed by atoms with Crippen molar-refractivity contribution in [1.82, 2.24) is 5.32 Å². The summed E-state index contributed by atoms with van der Waals surface area (Å²) < 4.78 is 0. The molecule has 1 aliphatic heterocycles. The number of nitrogens with one attached hydrogen (secondary N) is 1. The van der Waals surface area contributed by atoms with Crippen LogP contribution >= 0.6 is 0 Å². The number of hydrogen-bond donors (Lipinski definition) is 2. The average Bonchev–Trinajstić information content (AvgIpc) is 3.09. The van der Waals surface area contributed by atoms with Crippen LogP contribution in [0.2, 0.25) is 0 Å². The molecule has 3 N–H and O–H groups in total. The fraction of sp³-hybridized carbons (Fsp3) is 0.588. The zero-order valence-corrected chi connectivity index (χ0v) is 12.8. The molecule has 4 nitrogen and oxygen atoms in total. The molecule has 2 atom stereocenters. The summed E-state index contributed by atoms with van der Waals surface area (Å²) in [6.07, 6.45) is 5.22. The third-order valence-electron chi connectivity index (χ3n) is 5.44. The van der Waals surface area contributed by atoms with Crippen LogP contribution in [0.5, 0.6) is 0 Å². The smallest absolute Gasteiger partial charge is 0.238 e. The number of nitrogens with two attached hydrogens (primary N) is 1. The molecule has 1 fully saturated rings. The summed E-state index contributed by atoms with van der Waals surface area (Å²) >= 11 is 0. The summed E-state index contributed by atoms with van der Waals surface area (Å²) in [5.41, 5.74) is 8.00. The van der Waals surface area contributed by atoms with E-state index in [1.165, 1.54) is 11.3 Å². The van der Waals surface area contributed by atoms with E-state index in [1.807, 2.05) is 7.05 Å². The number of hydrogen-bond acceptors (Lipinski definition) is 3. The predicted octanol–water partition coefficient (Wildman–Crippen LogP) is 1.68. The van der Waals surface area contributed by atoms with E-state index < -0.39 is 5.54 Å². The third-order valence-corrected chi connectivity index (χ3v) is 5.44. The Kier molecular flexibility index (Phi) is 3.89. The number of carbonyl (C=O) groups excluding carboxylic acids is 1. The Morgan fingerprint density at radius 3 is 3.05 bits per heavy atom. The number of fused-ring (bicyclic) bond motifs is 1. The Morgan fingerprint density at radius 1 is 1.48 bits per heavy atom. The number of carbonyl (C=O) groups is 1. The Bertz CT molecular complexity index is 531. The van der Waals surface area contributed by atoms with Crippen molar-refractivity contribution in [2.45, 2.75) is 37.6 Å². The molecular weight excluding hydrogens is 262 g/mol. The second kappa shape index (κ2) is 5.68. The lowest BCUT2D eigenvalue weighted by atomic mass is 9.84. The standard InChI is InChI=1S/C17H25N3O/c1-19-17(16(18)21)10-4-6-14(17)9-12-20-11-8-13-5-2-3-7-15(13)20/h2-3,5,7,14,19H,4,6,8-12H2,1H3,(H2,18,21). The van der Waals surface area contributed by atoms with E-state index in [0.717, 1.165) is 45.2 Å². The van der Waals surface area contributed by atoms with Gasteiger partial charge in [-0.25, -0.2) is 0 Å². The summed E-state index contributed by atoms with van der Waals surface area (Å²) in [5.74, 6) is 0.169. The third kappa shape index (κ3) is 2.42. The lowest BCUT2D eigenvalue weighted by molar-refractivity contribution is -0.125. The highest BCUT2D eigenvalue weighted by Gasteiger charge is 2.46. The summed E-state index contributed by atoms with van der Waals surface area (Å²) in [5, 5.41) is 3.23. The molecule has 3 rings (SSSR count). The zero-order valence-electron chi connectivity index (χ0n) is 12.8. The SMILES string of the molecule is CNC1(C(N)=O)CCCC1CCN1CCc2ccccc21. The number of likely N-dealkylation sites (N-methyl/N-ethyl adjacent to an activating group) is 1. The van der Waals surface area contributed by atoms with E-state index in [9.17, 15) is 4.79 Å². The summed E-state index contributed by atoms with van der Waals surface area (Å²) in [7, 11) is 1.87. The lowest BCUT2D eigenvalue weighted by Gasteiger charge is -2.33. The quantitative estimate of drug-likeness (QED) is 0.866. The molecule has 0 radical (unpaired) electrons. The molecule has 1 saturated carbocycles. The summed E-state index contributed by atoms with van der Waals surface area (Å²) in [6, 6.07) is 8.63. The van der Waals surface area contributed by atoms with Gasteiger partial charge in [-0.2, -0.15) is 0 Å². The van der Waals surface area contributed by atoms with Crippen LogP contribution in [-0.2, 0) is 11.2 Å². The molecule has 0 bridgehead atoms. The molecule has 4 heteroatoms. The van der Waals surface area contributed by atoms with Gasteiger partial charge in [-0.1, -0.05) is 24.6 Å². The van der Waals surface area contributed by atoms with Crippen molar-refractivity contribution < 1.29 is 4.79 Å². The first-order valence-corrected chi connectivity index (χ1v) is 7.99. The van der Waals surface area contributed by atoms with Gasteiger partial charge in [0.15, 0.2) is 0 Å². The van der Waals surface area contributed by atoms with Gasteiger partial charge < -0.3 is 16.0 Å². The Morgan fingerprint density at radius 2 is 2.29 bits per heavy atom. The summed E-state index contributed by atoms with van der Waals surface area (Å²) in [4.78, 5) is 14.4. The van der Waals surface area contributed by atoms with Gasteiger partial charge in [0, 0.05) is 18.8 Å². The van der Waals surface area contributed by atoms with Crippen molar-refractivity contribution in [1.29, 1.82) is 0 Å². The fourth-order valence-corrected chi connectivity index (χ4v) is 4.20. The number of rotatable bonds is 5. The van der Waals surface area contributed by atoms with Crippen LogP contribution in [-0.4, -0.2) is 31.6 Å². The topological polar surface area (TPSA) is 58.4 Å². The molecule has 2 aliphatic rings. The zero-order chi connectivity index (χ0) is 14.9. The first-order chi connectivity index (χ1) is 10.2. The number of primary amides is 1.